The predicted octanol–water partition coefficient (Wildman–Crippen LogP) is 9.32. The van der Waals surface area contributed by atoms with Crippen LogP contribution in [0.3, 0.4) is 0 Å². The van der Waals surface area contributed by atoms with Crippen LogP contribution in [0.5, 0.6) is 0 Å². The Labute approximate surface area is 171 Å². The summed E-state index contributed by atoms with van der Waals surface area (Å²) in [7, 11) is 0. The average Bonchev–Trinajstić information content (AvgIpc) is 2.67. The summed E-state index contributed by atoms with van der Waals surface area (Å²) in [6.45, 7) is 10.6. The first-order chi connectivity index (χ1) is 12.8. The van der Waals surface area contributed by atoms with Crippen LogP contribution >= 0.6 is 0 Å². The fraction of sp³-hybridized carbons (Fsp3) is 1.00. The maximum absolute atomic E-state index is 2.69. The summed E-state index contributed by atoms with van der Waals surface area (Å²) in [6.07, 6.45) is 27.0. The zero-order valence-electron chi connectivity index (χ0n) is 19.4. The first-order valence-corrected chi connectivity index (χ1v) is 12.8. The minimum Gasteiger partial charge on any atom is -0.0596 e. The van der Waals surface area contributed by atoms with E-state index in [1.165, 1.54) is 116 Å². The van der Waals surface area contributed by atoms with Crippen molar-refractivity contribution in [2.45, 2.75) is 143 Å². The Morgan fingerprint density at radius 1 is 0.741 bits per heavy atom. The molecular weight excluding hydrogens is 324 g/mol. The van der Waals surface area contributed by atoms with Gasteiger partial charge in [-0.2, -0.15) is 0 Å². The van der Waals surface area contributed by atoms with Crippen LogP contribution in [0, 0.1) is 28.1 Å². The van der Waals surface area contributed by atoms with Gasteiger partial charge < -0.3 is 0 Å². The van der Waals surface area contributed by atoms with E-state index < -0.39 is 0 Å². The summed E-state index contributed by atoms with van der Waals surface area (Å²) in [6, 6.07) is 0. The highest BCUT2D eigenvalue weighted by molar-refractivity contribution is 4.92. The zero-order valence-corrected chi connectivity index (χ0v) is 19.4. The van der Waals surface area contributed by atoms with Crippen molar-refractivity contribution in [3.05, 3.63) is 0 Å². The van der Waals surface area contributed by atoms with Gasteiger partial charge in [-0.15, -0.1) is 0 Å². The normalized spacial score (nSPS) is 28.0. The maximum Gasteiger partial charge on any atom is -0.0297 e. The summed E-state index contributed by atoms with van der Waals surface area (Å²) in [5.74, 6) is 1.96. The van der Waals surface area contributed by atoms with Gasteiger partial charge in [0.2, 0.25) is 0 Å². The van der Waals surface area contributed by atoms with Crippen LogP contribution in [-0.4, -0.2) is 0 Å². The van der Waals surface area contributed by atoms with Crippen molar-refractivity contribution in [2.75, 3.05) is 0 Å². The van der Waals surface area contributed by atoms with E-state index in [1.807, 2.05) is 0 Å². The second kappa shape index (κ2) is 9.21. The van der Waals surface area contributed by atoms with Crippen LogP contribution in [0.25, 0.3) is 0 Å². The molecule has 0 saturated heterocycles. The van der Waals surface area contributed by atoms with Crippen LogP contribution in [0.1, 0.15) is 143 Å². The van der Waals surface area contributed by atoms with Crippen LogP contribution in [0.2, 0.25) is 0 Å². The molecule has 0 radical (unpaired) electrons. The summed E-state index contributed by atoms with van der Waals surface area (Å²) in [5.41, 5.74) is 1.85. The maximum atomic E-state index is 2.69. The van der Waals surface area contributed by atoms with Gasteiger partial charge in [0.15, 0.2) is 0 Å². The molecule has 0 heteroatoms. The Morgan fingerprint density at radius 2 is 1.26 bits per heavy atom. The molecule has 3 rings (SSSR count). The quantitative estimate of drug-likeness (QED) is 0.416. The minimum absolute atomic E-state index is 0.555. The second-order valence-electron chi connectivity index (χ2n) is 12.3. The molecule has 0 amide bonds. The molecule has 3 fully saturated rings. The van der Waals surface area contributed by atoms with Gasteiger partial charge in [-0.3, -0.25) is 0 Å². The zero-order chi connectivity index (χ0) is 19.4. The van der Waals surface area contributed by atoms with Gasteiger partial charge in [0, 0.05) is 0 Å². The molecular formula is C27H50. The third-order valence-electron chi connectivity index (χ3n) is 9.62. The molecule has 0 spiro atoms. The Hall–Kier alpha value is 0. The minimum atomic E-state index is 0.555. The monoisotopic (exact) mass is 374 g/mol. The van der Waals surface area contributed by atoms with Crippen molar-refractivity contribution >= 4 is 0 Å². The van der Waals surface area contributed by atoms with Crippen molar-refractivity contribution in [1.29, 1.82) is 0 Å². The summed E-state index contributed by atoms with van der Waals surface area (Å²) in [4.78, 5) is 0. The number of rotatable bonds is 7. The third kappa shape index (κ3) is 5.76. The molecule has 27 heavy (non-hydrogen) atoms. The molecule has 0 aliphatic heterocycles. The molecule has 0 nitrogen and oxygen atoms in total. The lowest BCUT2D eigenvalue weighted by molar-refractivity contribution is 0.0290. The van der Waals surface area contributed by atoms with E-state index in [4.69, 9.17) is 0 Å². The highest BCUT2D eigenvalue weighted by atomic mass is 14.5. The Kier molecular flexibility index (Phi) is 7.40. The molecule has 0 aromatic rings. The summed E-state index contributed by atoms with van der Waals surface area (Å²) >= 11 is 0. The molecule has 0 bridgehead atoms. The molecule has 0 aromatic carbocycles. The molecule has 158 valence electrons. The van der Waals surface area contributed by atoms with Crippen LogP contribution in [0.15, 0.2) is 0 Å². The molecule has 3 saturated carbocycles. The first kappa shape index (κ1) is 21.7. The van der Waals surface area contributed by atoms with E-state index in [9.17, 15) is 0 Å². The Balaban J connectivity index is 1.68. The molecule has 1 atom stereocenters. The fourth-order valence-corrected chi connectivity index (χ4v) is 7.33. The average molecular weight is 375 g/mol. The van der Waals surface area contributed by atoms with Gasteiger partial charge in [0.25, 0.3) is 0 Å². The van der Waals surface area contributed by atoms with Gasteiger partial charge in [0.1, 0.15) is 0 Å². The highest BCUT2D eigenvalue weighted by Gasteiger charge is 2.41. The van der Waals surface area contributed by atoms with Crippen molar-refractivity contribution in [3.8, 4) is 0 Å². The summed E-state index contributed by atoms with van der Waals surface area (Å²) in [5, 5.41) is 0. The van der Waals surface area contributed by atoms with E-state index in [0.29, 0.717) is 16.2 Å². The molecule has 0 heterocycles. The lowest BCUT2D eigenvalue weighted by atomic mass is 9.57. The van der Waals surface area contributed by atoms with E-state index in [2.05, 4.69) is 27.7 Å². The largest absolute Gasteiger partial charge is 0.0596 e. The van der Waals surface area contributed by atoms with Gasteiger partial charge in [-0.1, -0.05) is 85.5 Å². The fourth-order valence-electron chi connectivity index (χ4n) is 7.33. The highest BCUT2D eigenvalue weighted by Crippen LogP contribution is 2.53. The smallest absolute Gasteiger partial charge is 0.0297 e. The van der Waals surface area contributed by atoms with Gasteiger partial charge in [-0.05, 0) is 85.9 Å². The van der Waals surface area contributed by atoms with Gasteiger partial charge >= 0.3 is 0 Å². The Bertz CT molecular complexity index is 427. The number of hydrogen-bond donors (Lipinski definition) is 0. The molecule has 0 N–H and O–H groups in total. The number of hydrogen-bond acceptors (Lipinski definition) is 0. The molecule has 3 aliphatic rings. The van der Waals surface area contributed by atoms with Gasteiger partial charge in [0.05, 0.1) is 0 Å². The van der Waals surface area contributed by atoms with Crippen molar-refractivity contribution in [3.63, 3.8) is 0 Å². The lowest BCUT2D eigenvalue weighted by Crippen LogP contribution is -2.37. The Morgan fingerprint density at radius 3 is 1.85 bits per heavy atom. The van der Waals surface area contributed by atoms with Crippen LogP contribution in [-0.2, 0) is 0 Å². The van der Waals surface area contributed by atoms with E-state index in [0.717, 1.165) is 11.8 Å². The van der Waals surface area contributed by atoms with Crippen LogP contribution in [0.4, 0.5) is 0 Å². The second-order valence-corrected chi connectivity index (χ2v) is 12.3. The van der Waals surface area contributed by atoms with Crippen molar-refractivity contribution < 1.29 is 0 Å². The van der Waals surface area contributed by atoms with E-state index in [1.54, 1.807) is 0 Å². The summed E-state index contributed by atoms with van der Waals surface area (Å²) < 4.78 is 0. The molecule has 1 unspecified atom stereocenters. The van der Waals surface area contributed by atoms with Crippen molar-refractivity contribution in [1.82, 2.24) is 0 Å². The van der Waals surface area contributed by atoms with Crippen LogP contribution < -0.4 is 0 Å². The third-order valence-corrected chi connectivity index (χ3v) is 9.62. The predicted molar refractivity (Wildman–Crippen MR) is 120 cm³/mol. The first-order valence-electron chi connectivity index (χ1n) is 12.8. The standard InChI is InChI=1S/C27H50/c1-25(2,23-14-8-5-9-15-23)22-24(27(4)19-12-7-13-20-27)16-21-26(3)17-10-6-11-18-26/h23-24H,5-22H2,1-4H3. The topological polar surface area (TPSA) is 0 Å². The lowest BCUT2D eigenvalue weighted by Gasteiger charge is -2.48. The molecule has 3 aliphatic carbocycles. The van der Waals surface area contributed by atoms with E-state index in [-0.39, 0.29) is 0 Å². The SMILES string of the molecule is CC1(CCC(CC(C)(C)C2CCCCC2)C2(C)CCCCC2)CCCCC1. The molecule has 0 aromatic heterocycles. The van der Waals surface area contributed by atoms with Gasteiger partial charge in [-0.25, -0.2) is 0 Å². The van der Waals surface area contributed by atoms with E-state index >= 15 is 0 Å². The van der Waals surface area contributed by atoms with Crippen molar-refractivity contribution in [2.24, 2.45) is 28.1 Å².